The molecule has 4 heteroatoms. The van der Waals surface area contributed by atoms with E-state index in [0.717, 1.165) is 17.9 Å². The lowest BCUT2D eigenvalue weighted by molar-refractivity contribution is 0.112. The second-order valence-corrected chi connectivity index (χ2v) is 5.72. The molecule has 0 spiro atoms. The van der Waals surface area contributed by atoms with Gasteiger partial charge in [0.1, 0.15) is 5.75 Å². The molecule has 3 nitrogen and oxygen atoms in total. The number of hydrogen-bond donors (Lipinski definition) is 1. The first-order valence-electron chi connectivity index (χ1n) is 7.54. The van der Waals surface area contributed by atoms with E-state index in [0.29, 0.717) is 17.8 Å². The van der Waals surface area contributed by atoms with Crippen molar-refractivity contribution < 1.29 is 19.0 Å². The molecule has 1 aliphatic rings. The highest BCUT2D eigenvalue weighted by molar-refractivity contribution is 5.82. The fourth-order valence-electron chi connectivity index (χ4n) is 2.19. The van der Waals surface area contributed by atoms with Crippen LogP contribution in [0.2, 0.25) is 0 Å². The molecule has 1 saturated carbocycles. The zero-order valence-electron chi connectivity index (χ0n) is 12.5. The standard InChI is InChI=1S/C19H17FO3/c20-18-10-15(9-16(11-21)19(18)22)4-1-13-5-7-17(8-6-13)23-12-14-2-3-14/h1,4-11,14,22H,2-3,12H2/b4-1+. The van der Waals surface area contributed by atoms with Gasteiger partial charge in [0.15, 0.2) is 17.9 Å². The van der Waals surface area contributed by atoms with Crippen molar-refractivity contribution in [2.24, 2.45) is 5.92 Å². The van der Waals surface area contributed by atoms with Crippen molar-refractivity contribution in [2.45, 2.75) is 12.8 Å². The largest absolute Gasteiger partial charge is 0.504 e. The van der Waals surface area contributed by atoms with Crippen LogP contribution in [0.25, 0.3) is 12.2 Å². The Morgan fingerprint density at radius 1 is 1.13 bits per heavy atom. The molecule has 0 aliphatic heterocycles. The molecule has 0 saturated heterocycles. The summed E-state index contributed by atoms with van der Waals surface area (Å²) in [6, 6.07) is 10.2. The van der Waals surface area contributed by atoms with Crippen LogP contribution in [0.15, 0.2) is 36.4 Å². The van der Waals surface area contributed by atoms with Gasteiger partial charge in [-0.25, -0.2) is 4.39 Å². The van der Waals surface area contributed by atoms with Crippen LogP contribution in [0.3, 0.4) is 0 Å². The van der Waals surface area contributed by atoms with Gasteiger partial charge in [-0.15, -0.1) is 0 Å². The number of phenolic OH excluding ortho intramolecular Hbond substituents is 1. The van der Waals surface area contributed by atoms with Crippen LogP contribution in [0.5, 0.6) is 11.5 Å². The summed E-state index contributed by atoms with van der Waals surface area (Å²) in [5.74, 6) is 0.131. The highest BCUT2D eigenvalue weighted by atomic mass is 19.1. The molecule has 0 unspecified atom stereocenters. The first kappa shape index (κ1) is 15.3. The van der Waals surface area contributed by atoms with Gasteiger partial charge in [-0.3, -0.25) is 4.79 Å². The van der Waals surface area contributed by atoms with E-state index in [1.54, 1.807) is 6.08 Å². The average Bonchev–Trinajstić information content (AvgIpc) is 3.39. The van der Waals surface area contributed by atoms with Crippen molar-refractivity contribution in [3.8, 4) is 11.5 Å². The number of rotatable bonds is 6. The molecule has 1 aliphatic carbocycles. The third-order valence-corrected chi connectivity index (χ3v) is 3.77. The van der Waals surface area contributed by atoms with Gasteiger partial charge in [0.2, 0.25) is 0 Å². The molecular weight excluding hydrogens is 295 g/mol. The summed E-state index contributed by atoms with van der Waals surface area (Å²) in [6.07, 6.45) is 6.45. The van der Waals surface area contributed by atoms with E-state index in [1.807, 2.05) is 30.3 Å². The SMILES string of the molecule is O=Cc1cc(/C=C/c2ccc(OCC3CC3)cc2)cc(F)c1O. The molecule has 3 rings (SSSR count). The molecule has 0 amide bonds. The monoisotopic (exact) mass is 312 g/mol. The molecule has 0 aromatic heterocycles. The molecule has 1 fully saturated rings. The first-order chi connectivity index (χ1) is 11.2. The molecule has 2 aromatic rings. The van der Waals surface area contributed by atoms with Crippen molar-refractivity contribution in [3.63, 3.8) is 0 Å². The van der Waals surface area contributed by atoms with Gasteiger partial charge in [-0.05, 0) is 54.2 Å². The number of aldehydes is 1. The van der Waals surface area contributed by atoms with Crippen molar-refractivity contribution in [2.75, 3.05) is 6.61 Å². The molecule has 23 heavy (non-hydrogen) atoms. The minimum Gasteiger partial charge on any atom is -0.504 e. The van der Waals surface area contributed by atoms with Crippen LogP contribution in [-0.2, 0) is 0 Å². The Morgan fingerprint density at radius 3 is 2.48 bits per heavy atom. The van der Waals surface area contributed by atoms with E-state index < -0.39 is 11.6 Å². The van der Waals surface area contributed by atoms with Crippen LogP contribution in [0, 0.1) is 11.7 Å². The van der Waals surface area contributed by atoms with Gasteiger partial charge < -0.3 is 9.84 Å². The Balaban J connectivity index is 1.69. The number of carbonyl (C=O) groups excluding carboxylic acids is 1. The summed E-state index contributed by atoms with van der Waals surface area (Å²) in [6.45, 7) is 0.774. The predicted octanol–water partition coefficient (Wildman–Crippen LogP) is 4.30. The van der Waals surface area contributed by atoms with E-state index in [9.17, 15) is 14.3 Å². The Hall–Kier alpha value is -2.62. The minimum atomic E-state index is -0.807. The molecule has 0 heterocycles. The van der Waals surface area contributed by atoms with Gasteiger partial charge in [0.25, 0.3) is 0 Å². The topological polar surface area (TPSA) is 46.5 Å². The lowest BCUT2D eigenvalue weighted by Crippen LogP contribution is -1.98. The van der Waals surface area contributed by atoms with Gasteiger partial charge in [0.05, 0.1) is 12.2 Å². The molecular formula is C19H17FO3. The third-order valence-electron chi connectivity index (χ3n) is 3.77. The normalized spacial score (nSPS) is 14.1. The van der Waals surface area contributed by atoms with Gasteiger partial charge in [0, 0.05) is 0 Å². The number of hydrogen-bond acceptors (Lipinski definition) is 3. The number of aromatic hydroxyl groups is 1. The van der Waals surface area contributed by atoms with Crippen LogP contribution in [0.4, 0.5) is 4.39 Å². The minimum absolute atomic E-state index is 0.0616. The molecule has 0 atom stereocenters. The second kappa shape index (κ2) is 6.65. The lowest BCUT2D eigenvalue weighted by atomic mass is 10.1. The van der Waals surface area contributed by atoms with E-state index >= 15 is 0 Å². The average molecular weight is 312 g/mol. The third kappa shape index (κ3) is 3.97. The van der Waals surface area contributed by atoms with E-state index in [2.05, 4.69) is 0 Å². The highest BCUT2D eigenvalue weighted by Gasteiger charge is 2.21. The Bertz CT molecular complexity index is 731. The summed E-state index contributed by atoms with van der Waals surface area (Å²) in [4.78, 5) is 10.8. The van der Waals surface area contributed by atoms with Crippen LogP contribution in [-0.4, -0.2) is 18.0 Å². The van der Waals surface area contributed by atoms with Gasteiger partial charge in [-0.1, -0.05) is 24.3 Å². The number of ether oxygens (including phenoxy) is 1. The summed E-state index contributed by atoms with van der Waals surface area (Å²) in [5.41, 5.74) is 1.38. The zero-order chi connectivity index (χ0) is 16.2. The summed E-state index contributed by atoms with van der Waals surface area (Å²) in [7, 11) is 0. The number of halogens is 1. The summed E-state index contributed by atoms with van der Waals surface area (Å²) >= 11 is 0. The second-order valence-electron chi connectivity index (χ2n) is 5.72. The van der Waals surface area contributed by atoms with Gasteiger partial charge in [-0.2, -0.15) is 0 Å². The molecule has 118 valence electrons. The predicted molar refractivity (Wildman–Crippen MR) is 87.0 cm³/mol. The van der Waals surface area contributed by atoms with Crippen LogP contribution in [0.1, 0.15) is 34.3 Å². The number of carbonyl (C=O) groups is 1. The fraction of sp³-hybridized carbons (Fsp3) is 0.211. The maximum atomic E-state index is 13.5. The highest BCUT2D eigenvalue weighted by Crippen LogP contribution is 2.29. The Kier molecular flexibility index (Phi) is 4.42. The quantitative estimate of drug-likeness (QED) is 0.639. The Morgan fingerprint density at radius 2 is 1.83 bits per heavy atom. The van der Waals surface area contributed by atoms with Crippen molar-refractivity contribution in [3.05, 3.63) is 58.9 Å². The maximum Gasteiger partial charge on any atom is 0.166 e. The van der Waals surface area contributed by atoms with Crippen molar-refractivity contribution >= 4 is 18.4 Å². The number of benzene rings is 2. The fourth-order valence-corrected chi connectivity index (χ4v) is 2.19. The van der Waals surface area contributed by atoms with E-state index in [1.165, 1.54) is 25.0 Å². The molecule has 2 aromatic carbocycles. The first-order valence-corrected chi connectivity index (χ1v) is 7.54. The molecule has 0 bridgehead atoms. The number of phenols is 1. The van der Waals surface area contributed by atoms with Crippen LogP contribution < -0.4 is 4.74 Å². The molecule has 1 N–H and O–H groups in total. The van der Waals surface area contributed by atoms with Crippen LogP contribution >= 0.6 is 0 Å². The smallest absolute Gasteiger partial charge is 0.166 e. The lowest BCUT2D eigenvalue weighted by Gasteiger charge is -2.05. The van der Waals surface area contributed by atoms with E-state index in [4.69, 9.17) is 4.74 Å². The Labute approximate surface area is 134 Å². The molecule has 0 radical (unpaired) electrons. The van der Waals surface area contributed by atoms with E-state index in [-0.39, 0.29) is 5.56 Å². The zero-order valence-corrected chi connectivity index (χ0v) is 12.5. The summed E-state index contributed by atoms with van der Waals surface area (Å²) in [5, 5.41) is 9.39. The maximum absolute atomic E-state index is 13.5. The van der Waals surface area contributed by atoms with Gasteiger partial charge >= 0.3 is 0 Å². The van der Waals surface area contributed by atoms with Crippen molar-refractivity contribution in [1.82, 2.24) is 0 Å². The van der Waals surface area contributed by atoms with Crippen molar-refractivity contribution in [1.29, 1.82) is 0 Å². The summed E-state index contributed by atoms with van der Waals surface area (Å²) < 4.78 is 19.2.